The Labute approximate surface area is 196 Å². The second-order valence-electron chi connectivity index (χ2n) is 9.09. The number of hydrogen-bond acceptors (Lipinski definition) is 7. The molecule has 0 saturated heterocycles. The Kier molecular flexibility index (Phi) is 6.68. The summed E-state index contributed by atoms with van der Waals surface area (Å²) >= 11 is 2.75. The van der Waals surface area contributed by atoms with Gasteiger partial charge in [-0.1, -0.05) is 62.9 Å². The number of carbonyl (C=O) groups is 1. The van der Waals surface area contributed by atoms with Gasteiger partial charge in [0, 0.05) is 4.88 Å². The number of nitrogens with zero attached hydrogens (tertiary/aromatic N) is 3. The number of aromatic nitrogens is 2. The topological polar surface area (TPSA) is 91.8 Å². The lowest BCUT2D eigenvalue weighted by molar-refractivity contribution is -0.113. The predicted octanol–water partition coefficient (Wildman–Crippen LogP) is 5.48. The zero-order valence-electron chi connectivity index (χ0n) is 18.5. The highest BCUT2D eigenvalue weighted by Gasteiger charge is 2.32. The highest BCUT2D eigenvalue weighted by Crippen LogP contribution is 2.44. The SMILES string of the molecule is CC(C)(C)[C@H]1CCc2c(sc(NC(=O)CSc3nnc(Cc4ccccc4)o3)c2C#N)C1. The van der Waals surface area contributed by atoms with E-state index in [-0.39, 0.29) is 17.1 Å². The molecule has 0 fully saturated rings. The summed E-state index contributed by atoms with van der Waals surface area (Å²) in [6.07, 6.45) is 3.50. The molecule has 32 heavy (non-hydrogen) atoms. The molecule has 3 aromatic rings. The second kappa shape index (κ2) is 9.47. The highest BCUT2D eigenvalue weighted by molar-refractivity contribution is 7.99. The predicted molar refractivity (Wildman–Crippen MR) is 127 cm³/mol. The van der Waals surface area contributed by atoms with Gasteiger partial charge in [0.1, 0.15) is 11.1 Å². The Morgan fingerprint density at radius 1 is 1.31 bits per heavy atom. The van der Waals surface area contributed by atoms with Gasteiger partial charge in [0.05, 0.1) is 17.7 Å². The summed E-state index contributed by atoms with van der Waals surface area (Å²) in [5.41, 5.74) is 3.06. The summed E-state index contributed by atoms with van der Waals surface area (Å²) in [6, 6.07) is 12.2. The molecule has 166 valence electrons. The first-order valence-electron chi connectivity index (χ1n) is 10.7. The number of amides is 1. The van der Waals surface area contributed by atoms with Crippen LogP contribution in [0.5, 0.6) is 0 Å². The number of rotatable bonds is 6. The van der Waals surface area contributed by atoms with E-state index in [1.165, 1.54) is 16.6 Å². The summed E-state index contributed by atoms with van der Waals surface area (Å²) in [6.45, 7) is 6.80. The molecule has 0 radical (unpaired) electrons. The number of hydrogen-bond donors (Lipinski definition) is 1. The van der Waals surface area contributed by atoms with Crippen molar-refractivity contribution in [3.63, 3.8) is 0 Å². The van der Waals surface area contributed by atoms with Gasteiger partial charge in [0.2, 0.25) is 11.8 Å². The van der Waals surface area contributed by atoms with E-state index in [2.05, 4.69) is 42.4 Å². The van der Waals surface area contributed by atoms with Crippen LogP contribution in [0, 0.1) is 22.7 Å². The molecule has 8 heteroatoms. The van der Waals surface area contributed by atoms with Gasteiger partial charge in [0.15, 0.2) is 0 Å². The average Bonchev–Trinajstić information content (AvgIpc) is 3.35. The molecule has 1 aliphatic rings. The number of nitriles is 1. The molecule has 2 aromatic heterocycles. The van der Waals surface area contributed by atoms with Crippen molar-refractivity contribution in [3.05, 3.63) is 57.8 Å². The van der Waals surface area contributed by atoms with Crippen molar-refractivity contribution in [2.75, 3.05) is 11.1 Å². The Morgan fingerprint density at radius 3 is 2.81 bits per heavy atom. The third-order valence-corrected chi connectivity index (χ3v) is 7.82. The number of thioether (sulfide) groups is 1. The monoisotopic (exact) mass is 466 g/mol. The van der Waals surface area contributed by atoms with Crippen molar-refractivity contribution in [1.29, 1.82) is 5.26 Å². The van der Waals surface area contributed by atoms with Crippen LogP contribution >= 0.6 is 23.1 Å². The van der Waals surface area contributed by atoms with Gasteiger partial charge in [-0.3, -0.25) is 4.79 Å². The van der Waals surface area contributed by atoms with E-state index in [0.29, 0.717) is 34.0 Å². The molecule has 1 aliphatic carbocycles. The van der Waals surface area contributed by atoms with E-state index in [1.807, 2.05) is 30.3 Å². The van der Waals surface area contributed by atoms with Crippen LogP contribution in [-0.4, -0.2) is 21.9 Å². The standard InChI is InChI=1S/C24H26N4O2S2/c1-24(2,3)16-9-10-17-18(13-25)22(32-19(17)12-16)26-20(29)14-31-23-28-27-21(30-23)11-15-7-5-4-6-8-15/h4-8,16H,9-12,14H2,1-3H3,(H,26,29)/t16-/m0/s1. The van der Waals surface area contributed by atoms with E-state index in [1.54, 1.807) is 11.3 Å². The molecular formula is C24H26N4O2S2. The zero-order chi connectivity index (χ0) is 22.7. The van der Waals surface area contributed by atoms with E-state index >= 15 is 0 Å². The minimum atomic E-state index is -0.180. The largest absolute Gasteiger partial charge is 0.416 e. The Balaban J connectivity index is 1.36. The summed E-state index contributed by atoms with van der Waals surface area (Å²) in [4.78, 5) is 13.8. The Bertz CT molecular complexity index is 1140. The maximum Gasteiger partial charge on any atom is 0.277 e. The smallest absolute Gasteiger partial charge is 0.277 e. The van der Waals surface area contributed by atoms with Crippen molar-refractivity contribution < 1.29 is 9.21 Å². The molecule has 0 saturated carbocycles. The first-order valence-corrected chi connectivity index (χ1v) is 12.5. The molecule has 6 nitrogen and oxygen atoms in total. The molecule has 0 aliphatic heterocycles. The quantitative estimate of drug-likeness (QED) is 0.484. The van der Waals surface area contributed by atoms with Crippen LogP contribution in [-0.2, 0) is 24.1 Å². The second-order valence-corrected chi connectivity index (χ2v) is 11.1. The summed E-state index contributed by atoms with van der Waals surface area (Å²) in [5.74, 6) is 1.07. The van der Waals surface area contributed by atoms with Gasteiger partial charge in [0.25, 0.3) is 5.22 Å². The van der Waals surface area contributed by atoms with Crippen molar-refractivity contribution >= 4 is 34.0 Å². The number of nitrogens with one attached hydrogen (secondary N) is 1. The molecule has 0 bridgehead atoms. The number of fused-ring (bicyclic) bond motifs is 1. The van der Waals surface area contributed by atoms with Crippen LogP contribution < -0.4 is 5.32 Å². The van der Waals surface area contributed by atoms with E-state index in [4.69, 9.17) is 4.42 Å². The van der Waals surface area contributed by atoms with Crippen molar-refractivity contribution in [2.45, 2.75) is 51.7 Å². The lowest BCUT2D eigenvalue weighted by Gasteiger charge is -2.33. The zero-order valence-corrected chi connectivity index (χ0v) is 20.1. The molecular weight excluding hydrogens is 440 g/mol. The van der Waals surface area contributed by atoms with Crippen LogP contribution in [0.25, 0.3) is 0 Å². The maximum absolute atomic E-state index is 12.6. The first kappa shape index (κ1) is 22.6. The fourth-order valence-electron chi connectivity index (χ4n) is 3.96. The van der Waals surface area contributed by atoms with Crippen molar-refractivity contribution in [3.8, 4) is 6.07 Å². The third-order valence-electron chi connectivity index (χ3n) is 5.83. The maximum atomic E-state index is 12.6. The van der Waals surface area contributed by atoms with Crippen molar-refractivity contribution in [2.24, 2.45) is 11.3 Å². The number of carbonyl (C=O) groups excluding carboxylic acids is 1. The van der Waals surface area contributed by atoms with E-state index in [9.17, 15) is 10.1 Å². The van der Waals surface area contributed by atoms with E-state index in [0.717, 1.165) is 30.4 Å². The summed E-state index contributed by atoms with van der Waals surface area (Å²) in [7, 11) is 0. The highest BCUT2D eigenvalue weighted by atomic mass is 32.2. The molecule has 1 N–H and O–H groups in total. The Hall–Kier alpha value is -2.63. The number of anilines is 1. The van der Waals surface area contributed by atoms with Gasteiger partial charge in [-0.2, -0.15) is 5.26 Å². The van der Waals surface area contributed by atoms with Gasteiger partial charge < -0.3 is 9.73 Å². The summed E-state index contributed by atoms with van der Waals surface area (Å²) in [5, 5.41) is 21.7. The molecule has 1 aromatic carbocycles. The molecule has 1 amide bonds. The third kappa shape index (κ3) is 5.22. The average molecular weight is 467 g/mol. The van der Waals surface area contributed by atoms with Crippen LogP contribution in [0.2, 0.25) is 0 Å². The fraction of sp³-hybridized carbons (Fsp3) is 0.417. The van der Waals surface area contributed by atoms with Crippen LogP contribution in [0.1, 0.15) is 54.7 Å². The van der Waals surface area contributed by atoms with Gasteiger partial charge in [-0.15, -0.1) is 21.5 Å². The van der Waals surface area contributed by atoms with Gasteiger partial charge in [-0.05, 0) is 41.7 Å². The van der Waals surface area contributed by atoms with E-state index < -0.39 is 0 Å². The van der Waals surface area contributed by atoms with Crippen molar-refractivity contribution in [1.82, 2.24) is 10.2 Å². The fourth-order valence-corrected chi connectivity index (χ4v) is 5.83. The minimum absolute atomic E-state index is 0.144. The van der Waals surface area contributed by atoms with Crippen LogP contribution in [0.15, 0.2) is 40.0 Å². The first-order chi connectivity index (χ1) is 15.3. The lowest BCUT2D eigenvalue weighted by atomic mass is 9.72. The molecule has 1 atom stereocenters. The normalized spacial score (nSPS) is 15.8. The molecule has 0 spiro atoms. The lowest BCUT2D eigenvalue weighted by Crippen LogP contribution is -2.26. The summed E-state index contributed by atoms with van der Waals surface area (Å²) < 4.78 is 5.65. The molecule has 0 unspecified atom stereocenters. The van der Waals surface area contributed by atoms with Crippen LogP contribution in [0.3, 0.4) is 0 Å². The van der Waals surface area contributed by atoms with Gasteiger partial charge in [-0.25, -0.2) is 0 Å². The Morgan fingerprint density at radius 2 is 2.09 bits per heavy atom. The number of benzene rings is 1. The molecule has 2 heterocycles. The minimum Gasteiger partial charge on any atom is -0.416 e. The van der Waals surface area contributed by atoms with Gasteiger partial charge >= 0.3 is 0 Å². The number of thiophene rings is 1. The van der Waals surface area contributed by atoms with Crippen LogP contribution in [0.4, 0.5) is 5.00 Å². The molecule has 4 rings (SSSR count).